The van der Waals surface area contributed by atoms with E-state index in [1.165, 1.54) is 0 Å². The van der Waals surface area contributed by atoms with Crippen molar-refractivity contribution < 1.29 is 0 Å². The molecule has 0 saturated heterocycles. The first-order valence-corrected chi connectivity index (χ1v) is 5.01. The molecule has 2 rings (SSSR count). The Kier molecular flexibility index (Phi) is 2.93. The summed E-state index contributed by atoms with van der Waals surface area (Å²) in [7, 11) is 0. The van der Waals surface area contributed by atoms with E-state index >= 15 is 0 Å². The molecule has 1 N–H and O–H groups in total. The highest BCUT2D eigenvalue weighted by Crippen LogP contribution is 2.16. The third-order valence-corrected chi connectivity index (χ3v) is 2.09. The van der Waals surface area contributed by atoms with E-state index in [-0.39, 0.29) is 0 Å². The highest BCUT2D eigenvalue weighted by molar-refractivity contribution is 5.59. The molecule has 0 radical (unpaired) electrons. The zero-order valence-electron chi connectivity index (χ0n) is 8.64. The minimum Gasteiger partial charge on any atom is -0.385 e. The Morgan fingerprint density at radius 3 is 2.33 bits per heavy atom. The SMILES string of the molecule is CCNc1ccc(-c2ncccn2)cc1. The van der Waals surface area contributed by atoms with Crippen molar-refractivity contribution in [3.8, 4) is 11.4 Å². The second kappa shape index (κ2) is 4.55. The van der Waals surface area contributed by atoms with Crippen molar-refractivity contribution in [2.45, 2.75) is 6.92 Å². The lowest BCUT2D eigenvalue weighted by Gasteiger charge is -2.03. The number of nitrogens with one attached hydrogen (secondary N) is 1. The van der Waals surface area contributed by atoms with Gasteiger partial charge in [0.25, 0.3) is 0 Å². The predicted molar refractivity (Wildman–Crippen MR) is 61.6 cm³/mol. The van der Waals surface area contributed by atoms with Crippen LogP contribution in [0.4, 0.5) is 5.69 Å². The molecule has 0 aliphatic carbocycles. The van der Waals surface area contributed by atoms with Gasteiger partial charge in [0.1, 0.15) is 0 Å². The summed E-state index contributed by atoms with van der Waals surface area (Å²) in [6.45, 7) is 3.01. The van der Waals surface area contributed by atoms with Gasteiger partial charge in [0.2, 0.25) is 0 Å². The Morgan fingerprint density at radius 1 is 1.07 bits per heavy atom. The lowest BCUT2D eigenvalue weighted by atomic mass is 10.2. The molecule has 0 unspecified atom stereocenters. The summed E-state index contributed by atoms with van der Waals surface area (Å²) in [6.07, 6.45) is 3.50. The van der Waals surface area contributed by atoms with E-state index in [0.717, 1.165) is 23.6 Å². The van der Waals surface area contributed by atoms with Gasteiger partial charge in [0.05, 0.1) is 0 Å². The van der Waals surface area contributed by atoms with Gasteiger partial charge >= 0.3 is 0 Å². The minimum absolute atomic E-state index is 0.764. The maximum Gasteiger partial charge on any atom is 0.159 e. The molecule has 76 valence electrons. The lowest BCUT2D eigenvalue weighted by Crippen LogP contribution is -1.95. The summed E-state index contributed by atoms with van der Waals surface area (Å²) >= 11 is 0. The number of anilines is 1. The van der Waals surface area contributed by atoms with Crippen molar-refractivity contribution in [1.29, 1.82) is 0 Å². The fourth-order valence-corrected chi connectivity index (χ4v) is 1.39. The van der Waals surface area contributed by atoms with E-state index in [9.17, 15) is 0 Å². The monoisotopic (exact) mass is 199 g/mol. The maximum atomic E-state index is 4.19. The third-order valence-electron chi connectivity index (χ3n) is 2.09. The molecule has 3 nitrogen and oxygen atoms in total. The van der Waals surface area contributed by atoms with Crippen molar-refractivity contribution in [3.05, 3.63) is 42.7 Å². The van der Waals surface area contributed by atoms with Crippen molar-refractivity contribution >= 4 is 5.69 Å². The number of benzene rings is 1. The van der Waals surface area contributed by atoms with Gasteiger partial charge in [-0.3, -0.25) is 0 Å². The normalized spacial score (nSPS) is 9.93. The number of aromatic nitrogens is 2. The molecule has 15 heavy (non-hydrogen) atoms. The number of hydrogen-bond acceptors (Lipinski definition) is 3. The van der Waals surface area contributed by atoms with Crippen LogP contribution in [0.2, 0.25) is 0 Å². The average Bonchev–Trinajstić information content (AvgIpc) is 2.32. The maximum absolute atomic E-state index is 4.19. The molecular weight excluding hydrogens is 186 g/mol. The van der Waals surface area contributed by atoms with Crippen LogP contribution >= 0.6 is 0 Å². The standard InChI is InChI=1S/C12H13N3/c1-2-13-11-6-4-10(5-7-11)12-14-8-3-9-15-12/h3-9,13H,2H2,1H3. The van der Waals surface area contributed by atoms with Crippen molar-refractivity contribution in [2.24, 2.45) is 0 Å². The zero-order valence-corrected chi connectivity index (χ0v) is 8.64. The fraction of sp³-hybridized carbons (Fsp3) is 0.167. The molecule has 0 amide bonds. The summed E-state index contributed by atoms with van der Waals surface area (Å²) in [4.78, 5) is 8.39. The van der Waals surface area contributed by atoms with Gasteiger partial charge < -0.3 is 5.32 Å². The van der Waals surface area contributed by atoms with Crippen LogP contribution in [0.1, 0.15) is 6.92 Å². The summed E-state index contributed by atoms with van der Waals surface area (Å²) in [6, 6.07) is 9.93. The van der Waals surface area contributed by atoms with Gasteiger partial charge in [-0.1, -0.05) is 0 Å². The van der Waals surface area contributed by atoms with Gasteiger partial charge in [0, 0.05) is 30.2 Å². The smallest absolute Gasteiger partial charge is 0.159 e. The topological polar surface area (TPSA) is 37.8 Å². The zero-order chi connectivity index (χ0) is 10.5. The fourth-order valence-electron chi connectivity index (χ4n) is 1.39. The molecule has 0 aliphatic rings. The average molecular weight is 199 g/mol. The predicted octanol–water partition coefficient (Wildman–Crippen LogP) is 2.58. The Bertz CT molecular complexity index is 409. The van der Waals surface area contributed by atoms with Crippen molar-refractivity contribution in [3.63, 3.8) is 0 Å². The highest BCUT2D eigenvalue weighted by Gasteiger charge is 1.98. The van der Waals surface area contributed by atoms with Crippen LogP contribution in [0.3, 0.4) is 0 Å². The molecule has 1 aromatic carbocycles. The highest BCUT2D eigenvalue weighted by atomic mass is 14.9. The van der Waals surface area contributed by atoms with E-state index in [4.69, 9.17) is 0 Å². The molecule has 1 heterocycles. The first-order valence-electron chi connectivity index (χ1n) is 5.01. The van der Waals surface area contributed by atoms with Crippen LogP contribution in [-0.2, 0) is 0 Å². The molecule has 2 aromatic rings. The second-order valence-electron chi connectivity index (χ2n) is 3.18. The van der Waals surface area contributed by atoms with E-state index in [0.29, 0.717) is 0 Å². The van der Waals surface area contributed by atoms with E-state index < -0.39 is 0 Å². The summed E-state index contributed by atoms with van der Waals surface area (Å²) in [5, 5.41) is 3.25. The second-order valence-corrected chi connectivity index (χ2v) is 3.18. The largest absolute Gasteiger partial charge is 0.385 e. The van der Waals surface area contributed by atoms with Gasteiger partial charge in [0.15, 0.2) is 5.82 Å². The summed E-state index contributed by atoms with van der Waals surface area (Å²) < 4.78 is 0. The Hall–Kier alpha value is -1.90. The Balaban J connectivity index is 2.24. The van der Waals surface area contributed by atoms with Gasteiger partial charge in [-0.15, -0.1) is 0 Å². The Labute approximate surface area is 89.2 Å². The van der Waals surface area contributed by atoms with E-state index in [2.05, 4.69) is 22.2 Å². The van der Waals surface area contributed by atoms with Gasteiger partial charge in [-0.05, 0) is 37.3 Å². The molecule has 0 bridgehead atoms. The molecule has 1 aromatic heterocycles. The first-order chi connectivity index (χ1) is 7.40. The number of nitrogens with zero attached hydrogens (tertiary/aromatic N) is 2. The van der Waals surface area contributed by atoms with Crippen LogP contribution in [0.15, 0.2) is 42.7 Å². The molecule has 0 atom stereocenters. The lowest BCUT2D eigenvalue weighted by molar-refractivity contribution is 1.17. The van der Waals surface area contributed by atoms with Crippen LogP contribution in [0.25, 0.3) is 11.4 Å². The number of hydrogen-bond donors (Lipinski definition) is 1. The van der Waals surface area contributed by atoms with E-state index in [1.807, 2.05) is 30.3 Å². The molecule has 0 saturated carbocycles. The van der Waals surface area contributed by atoms with E-state index in [1.54, 1.807) is 12.4 Å². The van der Waals surface area contributed by atoms with Gasteiger partial charge in [-0.2, -0.15) is 0 Å². The Morgan fingerprint density at radius 2 is 1.73 bits per heavy atom. The summed E-state index contributed by atoms with van der Waals surface area (Å²) in [5.41, 5.74) is 2.16. The van der Waals surface area contributed by atoms with Gasteiger partial charge in [-0.25, -0.2) is 9.97 Å². The van der Waals surface area contributed by atoms with Crippen molar-refractivity contribution in [1.82, 2.24) is 9.97 Å². The minimum atomic E-state index is 0.764. The summed E-state index contributed by atoms with van der Waals surface area (Å²) in [5.74, 6) is 0.764. The van der Waals surface area contributed by atoms with Crippen LogP contribution in [0, 0.1) is 0 Å². The molecule has 0 fully saturated rings. The van der Waals surface area contributed by atoms with Crippen LogP contribution < -0.4 is 5.32 Å². The molecule has 0 aliphatic heterocycles. The van der Waals surface area contributed by atoms with Crippen molar-refractivity contribution in [2.75, 3.05) is 11.9 Å². The number of rotatable bonds is 3. The first kappa shape index (κ1) is 9.65. The third kappa shape index (κ3) is 2.31. The van der Waals surface area contributed by atoms with Crippen LogP contribution in [-0.4, -0.2) is 16.5 Å². The quantitative estimate of drug-likeness (QED) is 0.825. The molecular formula is C12H13N3. The van der Waals surface area contributed by atoms with Crippen LogP contribution in [0.5, 0.6) is 0 Å². The molecule has 0 spiro atoms. The molecule has 3 heteroatoms.